The molecule has 0 aromatic carbocycles. The standard InChI is InChI=1S/C12H23NO2/c1-12(3-6-14-7-4-12)10-13-8-11-2-5-15-9-11/h11,13H,2-10H2,1H3. The fourth-order valence-electron chi connectivity index (χ4n) is 2.36. The van der Waals surface area contributed by atoms with Crippen molar-refractivity contribution in [1.29, 1.82) is 0 Å². The molecular weight excluding hydrogens is 190 g/mol. The fourth-order valence-corrected chi connectivity index (χ4v) is 2.36. The lowest BCUT2D eigenvalue weighted by Gasteiger charge is -2.34. The largest absolute Gasteiger partial charge is 0.381 e. The van der Waals surface area contributed by atoms with Crippen LogP contribution in [-0.2, 0) is 9.47 Å². The van der Waals surface area contributed by atoms with Gasteiger partial charge in [-0.3, -0.25) is 0 Å². The number of hydrogen-bond donors (Lipinski definition) is 1. The van der Waals surface area contributed by atoms with E-state index in [1.165, 1.54) is 19.3 Å². The second-order valence-electron chi connectivity index (χ2n) is 5.28. The Morgan fingerprint density at radius 2 is 2.00 bits per heavy atom. The summed E-state index contributed by atoms with van der Waals surface area (Å²) in [7, 11) is 0. The predicted octanol–water partition coefficient (Wildman–Crippen LogP) is 1.43. The third-order valence-electron chi connectivity index (χ3n) is 3.71. The van der Waals surface area contributed by atoms with Crippen LogP contribution in [-0.4, -0.2) is 39.5 Å². The van der Waals surface area contributed by atoms with Gasteiger partial charge in [0.25, 0.3) is 0 Å². The van der Waals surface area contributed by atoms with E-state index < -0.39 is 0 Å². The molecule has 3 nitrogen and oxygen atoms in total. The lowest BCUT2D eigenvalue weighted by atomic mass is 9.82. The number of hydrogen-bond acceptors (Lipinski definition) is 3. The summed E-state index contributed by atoms with van der Waals surface area (Å²) >= 11 is 0. The van der Waals surface area contributed by atoms with E-state index in [-0.39, 0.29) is 0 Å². The van der Waals surface area contributed by atoms with Gasteiger partial charge in [0, 0.05) is 32.9 Å². The summed E-state index contributed by atoms with van der Waals surface area (Å²) in [5.41, 5.74) is 0.456. The molecule has 3 heteroatoms. The highest BCUT2D eigenvalue weighted by atomic mass is 16.5. The Morgan fingerprint density at radius 3 is 2.67 bits per heavy atom. The van der Waals surface area contributed by atoms with Crippen molar-refractivity contribution in [3.63, 3.8) is 0 Å². The highest BCUT2D eigenvalue weighted by Crippen LogP contribution is 2.28. The van der Waals surface area contributed by atoms with Gasteiger partial charge >= 0.3 is 0 Å². The van der Waals surface area contributed by atoms with Gasteiger partial charge < -0.3 is 14.8 Å². The zero-order chi connectivity index (χ0) is 10.6. The first-order valence-electron chi connectivity index (χ1n) is 6.15. The smallest absolute Gasteiger partial charge is 0.0507 e. The van der Waals surface area contributed by atoms with Gasteiger partial charge in [-0.25, -0.2) is 0 Å². The van der Waals surface area contributed by atoms with E-state index in [9.17, 15) is 0 Å². The maximum atomic E-state index is 5.40. The van der Waals surface area contributed by atoms with Crippen LogP contribution in [0.15, 0.2) is 0 Å². The van der Waals surface area contributed by atoms with E-state index in [4.69, 9.17) is 9.47 Å². The van der Waals surface area contributed by atoms with Crippen molar-refractivity contribution in [2.24, 2.45) is 11.3 Å². The highest BCUT2D eigenvalue weighted by Gasteiger charge is 2.27. The molecule has 2 heterocycles. The van der Waals surface area contributed by atoms with E-state index in [0.717, 1.165) is 45.4 Å². The van der Waals surface area contributed by atoms with Gasteiger partial charge in [-0.1, -0.05) is 6.92 Å². The molecule has 0 bridgehead atoms. The third-order valence-corrected chi connectivity index (χ3v) is 3.71. The predicted molar refractivity (Wildman–Crippen MR) is 60.0 cm³/mol. The number of nitrogens with one attached hydrogen (secondary N) is 1. The SMILES string of the molecule is CC1(CNCC2CCOC2)CCOCC1. The average molecular weight is 213 g/mol. The second kappa shape index (κ2) is 5.28. The van der Waals surface area contributed by atoms with Crippen LogP contribution < -0.4 is 5.32 Å². The van der Waals surface area contributed by atoms with Crippen LogP contribution in [0.25, 0.3) is 0 Å². The van der Waals surface area contributed by atoms with E-state index in [0.29, 0.717) is 5.41 Å². The van der Waals surface area contributed by atoms with Crippen LogP contribution in [0.4, 0.5) is 0 Å². The highest BCUT2D eigenvalue weighted by molar-refractivity contribution is 4.80. The molecule has 2 rings (SSSR count). The Kier molecular flexibility index (Phi) is 4.00. The summed E-state index contributed by atoms with van der Waals surface area (Å²) in [6.45, 7) is 8.40. The zero-order valence-corrected chi connectivity index (χ0v) is 9.76. The van der Waals surface area contributed by atoms with E-state index in [1.807, 2.05) is 0 Å². The molecular formula is C12H23NO2. The van der Waals surface area contributed by atoms with E-state index in [1.54, 1.807) is 0 Å². The Labute approximate surface area is 92.5 Å². The third kappa shape index (κ3) is 3.44. The van der Waals surface area contributed by atoms with Gasteiger partial charge in [-0.2, -0.15) is 0 Å². The molecule has 2 aliphatic rings. The molecule has 1 atom stereocenters. The molecule has 2 saturated heterocycles. The van der Waals surface area contributed by atoms with Gasteiger partial charge in [0.1, 0.15) is 0 Å². The minimum Gasteiger partial charge on any atom is -0.381 e. The Balaban J connectivity index is 1.63. The van der Waals surface area contributed by atoms with Crippen molar-refractivity contribution >= 4 is 0 Å². The second-order valence-corrected chi connectivity index (χ2v) is 5.28. The molecule has 0 saturated carbocycles. The van der Waals surface area contributed by atoms with Crippen LogP contribution in [0.2, 0.25) is 0 Å². The summed E-state index contributed by atoms with van der Waals surface area (Å²) in [5, 5.41) is 3.60. The minimum absolute atomic E-state index is 0.456. The summed E-state index contributed by atoms with van der Waals surface area (Å²) < 4.78 is 10.8. The van der Waals surface area contributed by atoms with E-state index in [2.05, 4.69) is 12.2 Å². The molecule has 0 spiro atoms. The first-order chi connectivity index (χ1) is 7.29. The molecule has 1 N–H and O–H groups in total. The lowest BCUT2D eigenvalue weighted by molar-refractivity contribution is 0.0237. The number of ether oxygens (including phenoxy) is 2. The van der Waals surface area contributed by atoms with Crippen LogP contribution in [0.1, 0.15) is 26.2 Å². The van der Waals surface area contributed by atoms with Crippen molar-refractivity contribution in [3.05, 3.63) is 0 Å². The van der Waals surface area contributed by atoms with Crippen molar-refractivity contribution in [3.8, 4) is 0 Å². The Bertz CT molecular complexity index is 184. The lowest BCUT2D eigenvalue weighted by Crippen LogP contribution is -2.38. The van der Waals surface area contributed by atoms with Crippen molar-refractivity contribution in [2.75, 3.05) is 39.5 Å². The topological polar surface area (TPSA) is 30.5 Å². The van der Waals surface area contributed by atoms with Gasteiger partial charge in [0.2, 0.25) is 0 Å². The summed E-state index contributed by atoms with van der Waals surface area (Å²) in [4.78, 5) is 0. The summed E-state index contributed by atoms with van der Waals surface area (Å²) in [6, 6.07) is 0. The van der Waals surface area contributed by atoms with Gasteiger partial charge in [-0.05, 0) is 30.6 Å². The normalized spacial score (nSPS) is 30.6. The van der Waals surface area contributed by atoms with Crippen molar-refractivity contribution in [1.82, 2.24) is 5.32 Å². The van der Waals surface area contributed by atoms with Crippen LogP contribution in [0.3, 0.4) is 0 Å². The maximum absolute atomic E-state index is 5.40. The molecule has 88 valence electrons. The molecule has 2 fully saturated rings. The monoisotopic (exact) mass is 213 g/mol. The summed E-state index contributed by atoms with van der Waals surface area (Å²) in [6.07, 6.45) is 3.62. The molecule has 1 unspecified atom stereocenters. The number of rotatable bonds is 4. The van der Waals surface area contributed by atoms with Crippen molar-refractivity contribution in [2.45, 2.75) is 26.2 Å². The molecule has 0 aromatic heterocycles. The fraction of sp³-hybridized carbons (Fsp3) is 1.00. The molecule has 0 aromatic rings. The molecule has 0 aliphatic carbocycles. The Hall–Kier alpha value is -0.120. The van der Waals surface area contributed by atoms with Crippen LogP contribution in [0.5, 0.6) is 0 Å². The van der Waals surface area contributed by atoms with E-state index >= 15 is 0 Å². The van der Waals surface area contributed by atoms with Gasteiger partial charge in [0.05, 0.1) is 6.61 Å². The van der Waals surface area contributed by atoms with Gasteiger partial charge in [0.15, 0.2) is 0 Å². The zero-order valence-electron chi connectivity index (χ0n) is 9.76. The van der Waals surface area contributed by atoms with Crippen LogP contribution >= 0.6 is 0 Å². The van der Waals surface area contributed by atoms with Crippen molar-refractivity contribution < 1.29 is 9.47 Å². The Morgan fingerprint density at radius 1 is 1.20 bits per heavy atom. The summed E-state index contributed by atoms with van der Waals surface area (Å²) in [5.74, 6) is 0.744. The quantitative estimate of drug-likeness (QED) is 0.766. The molecule has 2 aliphatic heterocycles. The molecule has 15 heavy (non-hydrogen) atoms. The average Bonchev–Trinajstić information content (AvgIpc) is 2.71. The first-order valence-corrected chi connectivity index (χ1v) is 6.15. The minimum atomic E-state index is 0.456. The van der Waals surface area contributed by atoms with Crippen LogP contribution in [0, 0.1) is 11.3 Å². The molecule has 0 amide bonds. The van der Waals surface area contributed by atoms with Gasteiger partial charge in [-0.15, -0.1) is 0 Å². The first kappa shape index (κ1) is 11.4. The maximum Gasteiger partial charge on any atom is 0.0507 e. The molecule has 0 radical (unpaired) electrons.